The third kappa shape index (κ3) is 5.28. The van der Waals surface area contributed by atoms with Gasteiger partial charge in [0.2, 0.25) is 0 Å². The SMILES string of the molecule is CCOCCn1nc(C)cc1C(=O)N1CCOC[C@@](O)(CN2CCCC2)C1. The molecule has 8 heteroatoms. The van der Waals surface area contributed by atoms with Gasteiger partial charge >= 0.3 is 0 Å². The van der Waals surface area contributed by atoms with Crippen molar-refractivity contribution in [2.45, 2.75) is 38.8 Å². The van der Waals surface area contributed by atoms with Crippen molar-refractivity contribution >= 4 is 5.91 Å². The third-order valence-corrected chi connectivity index (χ3v) is 5.14. The first-order valence-electron chi connectivity index (χ1n) is 9.95. The lowest BCUT2D eigenvalue weighted by Gasteiger charge is -2.34. The van der Waals surface area contributed by atoms with Gasteiger partial charge in [-0.25, -0.2) is 0 Å². The molecule has 1 amide bonds. The van der Waals surface area contributed by atoms with E-state index in [1.165, 1.54) is 0 Å². The van der Waals surface area contributed by atoms with Crippen LogP contribution >= 0.6 is 0 Å². The fourth-order valence-electron chi connectivity index (χ4n) is 3.89. The number of amides is 1. The molecule has 1 atom stereocenters. The first-order valence-corrected chi connectivity index (χ1v) is 9.95. The minimum atomic E-state index is -1.04. The summed E-state index contributed by atoms with van der Waals surface area (Å²) in [6.45, 7) is 9.48. The molecule has 2 saturated heterocycles. The summed E-state index contributed by atoms with van der Waals surface area (Å²) < 4.78 is 12.7. The highest BCUT2D eigenvalue weighted by Gasteiger charge is 2.37. The number of rotatable bonds is 7. The lowest BCUT2D eigenvalue weighted by atomic mass is 10.0. The maximum Gasteiger partial charge on any atom is 0.272 e. The third-order valence-electron chi connectivity index (χ3n) is 5.14. The first-order chi connectivity index (χ1) is 13.0. The van der Waals surface area contributed by atoms with Crippen molar-refractivity contribution in [1.29, 1.82) is 0 Å². The van der Waals surface area contributed by atoms with Gasteiger partial charge in [0, 0.05) is 19.7 Å². The maximum atomic E-state index is 13.2. The molecule has 27 heavy (non-hydrogen) atoms. The predicted molar refractivity (Wildman–Crippen MR) is 101 cm³/mol. The van der Waals surface area contributed by atoms with E-state index in [4.69, 9.17) is 9.47 Å². The molecule has 8 nitrogen and oxygen atoms in total. The fraction of sp³-hybridized carbons (Fsp3) is 0.789. The van der Waals surface area contributed by atoms with Crippen molar-refractivity contribution in [3.8, 4) is 0 Å². The molecule has 0 bridgehead atoms. The Balaban J connectivity index is 1.71. The Bertz CT molecular complexity index is 629. The first kappa shape index (κ1) is 20.3. The summed E-state index contributed by atoms with van der Waals surface area (Å²) in [5.74, 6) is -0.113. The van der Waals surface area contributed by atoms with Gasteiger partial charge in [-0.05, 0) is 45.8 Å². The van der Waals surface area contributed by atoms with Crippen LogP contribution in [0, 0.1) is 6.92 Å². The monoisotopic (exact) mass is 380 g/mol. The average molecular weight is 380 g/mol. The molecule has 0 spiro atoms. The molecule has 3 heterocycles. The van der Waals surface area contributed by atoms with E-state index in [2.05, 4.69) is 10.00 Å². The van der Waals surface area contributed by atoms with Crippen LogP contribution in [0.4, 0.5) is 0 Å². The standard InChI is InChI=1S/C19H32N4O4/c1-3-26-11-9-23-17(12-16(2)20-23)18(24)22-8-10-27-15-19(25,14-22)13-21-6-4-5-7-21/h12,25H,3-11,13-15H2,1-2H3/t19-/m1/s1. The van der Waals surface area contributed by atoms with E-state index in [1.807, 2.05) is 13.8 Å². The van der Waals surface area contributed by atoms with E-state index in [0.29, 0.717) is 45.1 Å². The number of aryl methyl sites for hydroxylation is 1. The summed E-state index contributed by atoms with van der Waals surface area (Å²) in [5, 5.41) is 15.6. The Morgan fingerprint density at radius 3 is 2.89 bits per heavy atom. The van der Waals surface area contributed by atoms with Crippen molar-refractivity contribution in [1.82, 2.24) is 19.6 Å². The molecule has 2 aliphatic heterocycles. The van der Waals surface area contributed by atoms with Crippen molar-refractivity contribution in [3.63, 3.8) is 0 Å². The van der Waals surface area contributed by atoms with Crippen LogP contribution in [-0.2, 0) is 16.0 Å². The number of β-amino-alcohol motifs (C(OH)–C–C–N with tert-alkyl or cyclic N) is 1. The van der Waals surface area contributed by atoms with Crippen LogP contribution in [0.2, 0.25) is 0 Å². The maximum absolute atomic E-state index is 13.2. The van der Waals surface area contributed by atoms with Crippen LogP contribution in [0.1, 0.15) is 35.9 Å². The topological polar surface area (TPSA) is 80.1 Å². The van der Waals surface area contributed by atoms with Gasteiger partial charge in [-0.15, -0.1) is 0 Å². The second-order valence-electron chi connectivity index (χ2n) is 7.58. The van der Waals surface area contributed by atoms with Crippen LogP contribution in [-0.4, -0.2) is 95.3 Å². The Morgan fingerprint density at radius 2 is 2.15 bits per heavy atom. The summed E-state index contributed by atoms with van der Waals surface area (Å²) >= 11 is 0. The number of nitrogens with zero attached hydrogens (tertiary/aromatic N) is 4. The highest BCUT2D eigenvalue weighted by atomic mass is 16.5. The number of carbonyl (C=O) groups excluding carboxylic acids is 1. The highest BCUT2D eigenvalue weighted by molar-refractivity contribution is 5.92. The molecule has 0 saturated carbocycles. The second-order valence-corrected chi connectivity index (χ2v) is 7.58. The highest BCUT2D eigenvalue weighted by Crippen LogP contribution is 2.19. The average Bonchev–Trinajstić information content (AvgIpc) is 3.21. The van der Waals surface area contributed by atoms with Gasteiger partial charge in [0.05, 0.1) is 38.6 Å². The molecule has 0 unspecified atom stereocenters. The zero-order chi connectivity index (χ0) is 19.3. The molecule has 0 radical (unpaired) electrons. The summed E-state index contributed by atoms with van der Waals surface area (Å²) in [6, 6.07) is 1.81. The van der Waals surface area contributed by atoms with Crippen molar-refractivity contribution in [2.75, 3.05) is 59.2 Å². The zero-order valence-electron chi connectivity index (χ0n) is 16.5. The van der Waals surface area contributed by atoms with Crippen LogP contribution < -0.4 is 0 Å². The van der Waals surface area contributed by atoms with E-state index in [1.54, 1.807) is 15.6 Å². The van der Waals surface area contributed by atoms with E-state index in [0.717, 1.165) is 31.6 Å². The van der Waals surface area contributed by atoms with Gasteiger partial charge in [0.15, 0.2) is 0 Å². The number of hydrogen-bond donors (Lipinski definition) is 1. The van der Waals surface area contributed by atoms with E-state index < -0.39 is 5.60 Å². The van der Waals surface area contributed by atoms with Crippen molar-refractivity contribution in [3.05, 3.63) is 17.5 Å². The number of aliphatic hydroxyl groups is 1. The van der Waals surface area contributed by atoms with Crippen LogP contribution in [0.15, 0.2) is 6.07 Å². The van der Waals surface area contributed by atoms with Gasteiger partial charge in [-0.1, -0.05) is 0 Å². The minimum absolute atomic E-state index is 0.113. The Hall–Kier alpha value is -1.48. The number of carbonyl (C=O) groups is 1. The summed E-state index contributed by atoms with van der Waals surface area (Å²) in [7, 11) is 0. The predicted octanol–water partition coefficient (Wildman–Crippen LogP) is 0.527. The number of likely N-dealkylation sites (tertiary alicyclic amines) is 1. The van der Waals surface area contributed by atoms with Gasteiger partial charge < -0.3 is 24.4 Å². The lowest BCUT2D eigenvalue weighted by molar-refractivity contribution is -0.0525. The number of hydrogen-bond acceptors (Lipinski definition) is 6. The molecule has 0 aliphatic carbocycles. The van der Waals surface area contributed by atoms with Gasteiger partial charge in [0.25, 0.3) is 5.91 Å². The summed E-state index contributed by atoms with van der Waals surface area (Å²) in [4.78, 5) is 17.2. The molecule has 0 aromatic carbocycles. The second kappa shape index (κ2) is 9.14. The Kier molecular flexibility index (Phi) is 6.86. The van der Waals surface area contributed by atoms with E-state index in [9.17, 15) is 9.90 Å². The molecular formula is C19H32N4O4. The quantitative estimate of drug-likeness (QED) is 0.695. The van der Waals surface area contributed by atoms with Gasteiger partial charge in [0.1, 0.15) is 11.3 Å². The molecule has 1 aromatic heterocycles. The molecule has 152 valence electrons. The molecule has 2 aliphatic rings. The van der Waals surface area contributed by atoms with Crippen LogP contribution in [0.3, 0.4) is 0 Å². The smallest absolute Gasteiger partial charge is 0.272 e. The lowest BCUT2D eigenvalue weighted by Crippen LogP contribution is -2.53. The van der Waals surface area contributed by atoms with E-state index in [-0.39, 0.29) is 19.1 Å². The Labute approximate surface area is 161 Å². The van der Waals surface area contributed by atoms with E-state index >= 15 is 0 Å². The number of ether oxygens (including phenoxy) is 2. The molecular weight excluding hydrogens is 348 g/mol. The van der Waals surface area contributed by atoms with Gasteiger partial charge in [-0.3, -0.25) is 9.48 Å². The zero-order valence-corrected chi connectivity index (χ0v) is 16.5. The van der Waals surface area contributed by atoms with Crippen molar-refractivity contribution < 1.29 is 19.4 Å². The fourth-order valence-corrected chi connectivity index (χ4v) is 3.89. The minimum Gasteiger partial charge on any atom is -0.384 e. The Morgan fingerprint density at radius 1 is 1.37 bits per heavy atom. The molecule has 3 rings (SSSR count). The molecule has 1 N–H and O–H groups in total. The summed E-state index contributed by atoms with van der Waals surface area (Å²) in [5.41, 5.74) is 0.299. The van der Waals surface area contributed by atoms with Crippen LogP contribution in [0.5, 0.6) is 0 Å². The van der Waals surface area contributed by atoms with Crippen molar-refractivity contribution in [2.24, 2.45) is 0 Å². The van der Waals surface area contributed by atoms with Crippen LogP contribution in [0.25, 0.3) is 0 Å². The normalized spacial score (nSPS) is 24.3. The number of aromatic nitrogens is 2. The van der Waals surface area contributed by atoms with Gasteiger partial charge in [-0.2, -0.15) is 5.10 Å². The largest absolute Gasteiger partial charge is 0.384 e. The summed E-state index contributed by atoms with van der Waals surface area (Å²) in [6.07, 6.45) is 2.33. The molecule has 2 fully saturated rings. The molecule has 1 aromatic rings.